The summed E-state index contributed by atoms with van der Waals surface area (Å²) in [5.41, 5.74) is 2.13. The number of hydrogen-bond acceptors (Lipinski definition) is 6. The third-order valence-corrected chi connectivity index (χ3v) is 7.34. The maximum Gasteiger partial charge on any atom is 0.236 e. The number of rotatable bonds is 3. The van der Waals surface area contributed by atoms with Crippen LogP contribution in [0.25, 0.3) is 6.08 Å². The number of benzene rings is 2. The first kappa shape index (κ1) is 21.0. The highest BCUT2D eigenvalue weighted by molar-refractivity contribution is 6.09. The van der Waals surface area contributed by atoms with Gasteiger partial charge in [-0.3, -0.25) is 19.3 Å². The third kappa shape index (κ3) is 2.92. The van der Waals surface area contributed by atoms with E-state index in [9.17, 15) is 14.4 Å². The minimum atomic E-state index is -0.714. The summed E-state index contributed by atoms with van der Waals surface area (Å²) < 4.78 is 10.8. The molecule has 34 heavy (non-hydrogen) atoms. The number of hydrogen-bond donors (Lipinski definition) is 0. The van der Waals surface area contributed by atoms with Gasteiger partial charge in [-0.05, 0) is 34.9 Å². The molecule has 0 aromatic heterocycles. The molecule has 4 atom stereocenters. The Morgan fingerprint density at radius 3 is 2.53 bits per heavy atom. The second-order valence-corrected chi connectivity index (χ2v) is 10.4. The van der Waals surface area contributed by atoms with Crippen molar-refractivity contribution in [2.24, 2.45) is 17.3 Å². The van der Waals surface area contributed by atoms with Crippen LogP contribution in [0.4, 0.5) is 0 Å². The summed E-state index contributed by atoms with van der Waals surface area (Å²) in [6.45, 7) is 5.90. The molecule has 174 valence electrons. The maximum atomic E-state index is 13.8. The van der Waals surface area contributed by atoms with Crippen molar-refractivity contribution in [3.05, 3.63) is 65.4 Å². The minimum absolute atomic E-state index is 0.0277. The fourth-order valence-corrected chi connectivity index (χ4v) is 5.74. The SMILES string of the molecule is CC(C)(C)C(=O)[C@@H]1[C@@H]2C(=O)N(Cc3ccc4c(c3)OCO4)C(=O)[C@H]2[C@H]2c3ccccc3C=CN12. The zero-order valence-electron chi connectivity index (χ0n) is 19.4. The number of ether oxygens (including phenoxy) is 2. The van der Waals surface area contributed by atoms with Crippen molar-refractivity contribution in [2.75, 3.05) is 6.79 Å². The summed E-state index contributed by atoms with van der Waals surface area (Å²) in [5.74, 6) is -0.600. The van der Waals surface area contributed by atoms with Crippen molar-refractivity contribution in [3.8, 4) is 11.5 Å². The second kappa shape index (κ2) is 7.19. The summed E-state index contributed by atoms with van der Waals surface area (Å²) in [5, 5.41) is 0. The van der Waals surface area contributed by atoms with Gasteiger partial charge in [0, 0.05) is 11.6 Å². The number of carbonyl (C=O) groups is 3. The standard InChI is InChI=1S/C27H26N2O5/c1-27(2,3)24(30)23-21-20(22-17-7-5-4-6-16(17)10-11-28(22)23)25(31)29(26(21)32)13-15-8-9-18-19(12-15)34-14-33-18/h4-12,20-23H,13-14H2,1-3H3/t20-,21-,22-,23+/m1/s1. The average Bonchev–Trinajstić information content (AvgIpc) is 3.48. The van der Waals surface area contributed by atoms with Crippen LogP contribution in [0.2, 0.25) is 0 Å². The lowest BCUT2D eigenvalue weighted by Crippen LogP contribution is -2.47. The molecule has 0 N–H and O–H groups in total. The highest BCUT2D eigenvalue weighted by atomic mass is 16.7. The fourth-order valence-electron chi connectivity index (χ4n) is 5.74. The van der Waals surface area contributed by atoms with Crippen molar-refractivity contribution in [2.45, 2.75) is 39.4 Å². The van der Waals surface area contributed by atoms with E-state index in [2.05, 4.69) is 0 Å². The topological polar surface area (TPSA) is 76.1 Å². The quantitative estimate of drug-likeness (QED) is 0.655. The van der Waals surface area contributed by atoms with Gasteiger partial charge in [0.25, 0.3) is 0 Å². The molecule has 0 spiro atoms. The molecule has 0 radical (unpaired) electrons. The van der Waals surface area contributed by atoms with Crippen molar-refractivity contribution >= 4 is 23.7 Å². The number of nitrogens with zero attached hydrogens (tertiary/aromatic N) is 2. The van der Waals surface area contributed by atoms with E-state index in [1.54, 1.807) is 12.1 Å². The lowest BCUT2D eigenvalue weighted by Gasteiger charge is -2.37. The van der Waals surface area contributed by atoms with Crippen LogP contribution in [0, 0.1) is 17.3 Å². The number of Topliss-reactive ketones (excluding diaryl/α,β-unsaturated/α-hetero) is 1. The first-order valence-corrected chi connectivity index (χ1v) is 11.6. The van der Waals surface area contributed by atoms with Crippen LogP contribution in [0.1, 0.15) is 43.5 Å². The smallest absolute Gasteiger partial charge is 0.236 e. The lowest BCUT2D eigenvalue weighted by atomic mass is 9.79. The van der Waals surface area contributed by atoms with Gasteiger partial charge in [0.05, 0.1) is 24.4 Å². The Labute approximate surface area is 197 Å². The number of fused-ring (bicyclic) bond motifs is 6. The molecule has 2 fully saturated rings. The summed E-state index contributed by atoms with van der Waals surface area (Å²) in [7, 11) is 0. The van der Waals surface area contributed by atoms with E-state index in [1.165, 1.54) is 4.90 Å². The van der Waals surface area contributed by atoms with Crippen LogP contribution >= 0.6 is 0 Å². The van der Waals surface area contributed by atoms with Gasteiger partial charge in [-0.15, -0.1) is 0 Å². The van der Waals surface area contributed by atoms with E-state index in [-0.39, 0.29) is 37.0 Å². The van der Waals surface area contributed by atoms with Gasteiger partial charge in [-0.1, -0.05) is 51.1 Å². The van der Waals surface area contributed by atoms with Gasteiger partial charge in [-0.25, -0.2) is 0 Å². The summed E-state index contributed by atoms with van der Waals surface area (Å²) in [6.07, 6.45) is 3.86. The Bertz CT molecular complexity index is 1260. The van der Waals surface area contributed by atoms with E-state index in [0.717, 1.165) is 16.7 Å². The molecular formula is C27H26N2O5. The molecule has 0 bridgehead atoms. The number of carbonyl (C=O) groups excluding carboxylic acids is 3. The van der Waals surface area contributed by atoms with Crippen LogP contribution in [0.15, 0.2) is 48.7 Å². The zero-order valence-corrected chi connectivity index (χ0v) is 19.4. The Hall–Kier alpha value is -3.61. The molecule has 0 saturated carbocycles. The van der Waals surface area contributed by atoms with Gasteiger partial charge in [-0.2, -0.15) is 0 Å². The molecule has 4 aliphatic heterocycles. The Morgan fingerprint density at radius 1 is 1.00 bits per heavy atom. The lowest BCUT2D eigenvalue weighted by molar-refractivity contribution is -0.144. The van der Waals surface area contributed by atoms with Crippen LogP contribution in [0.5, 0.6) is 11.5 Å². The average molecular weight is 459 g/mol. The summed E-state index contributed by atoms with van der Waals surface area (Å²) in [6, 6.07) is 12.3. The highest BCUT2D eigenvalue weighted by Crippen LogP contribution is 2.53. The Morgan fingerprint density at radius 2 is 1.74 bits per heavy atom. The number of ketones is 1. The highest BCUT2D eigenvalue weighted by Gasteiger charge is 2.64. The molecule has 6 rings (SSSR count). The van der Waals surface area contributed by atoms with Crippen molar-refractivity contribution in [3.63, 3.8) is 0 Å². The molecule has 4 heterocycles. The van der Waals surface area contributed by atoms with Crippen molar-refractivity contribution in [1.82, 2.24) is 9.80 Å². The normalized spacial score (nSPS) is 26.6. The van der Waals surface area contributed by atoms with Gasteiger partial charge < -0.3 is 14.4 Å². The van der Waals surface area contributed by atoms with Gasteiger partial charge >= 0.3 is 0 Å². The Kier molecular flexibility index (Phi) is 4.43. The molecule has 4 aliphatic rings. The molecule has 2 aromatic carbocycles. The largest absolute Gasteiger partial charge is 0.454 e. The predicted molar refractivity (Wildman–Crippen MR) is 123 cm³/mol. The van der Waals surface area contributed by atoms with Crippen LogP contribution in [-0.2, 0) is 20.9 Å². The maximum absolute atomic E-state index is 13.8. The first-order valence-electron chi connectivity index (χ1n) is 11.6. The van der Waals surface area contributed by atoms with E-state index in [1.807, 2.05) is 68.3 Å². The zero-order chi connectivity index (χ0) is 23.8. The Balaban J connectivity index is 1.41. The molecule has 0 aliphatic carbocycles. The fraction of sp³-hybridized carbons (Fsp3) is 0.370. The second-order valence-electron chi connectivity index (χ2n) is 10.4. The summed E-state index contributed by atoms with van der Waals surface area (Å²) >= 11 is 0. The van der Waals surface area contributed by atoms with Crippen molar-refractivity contribution < 1.29 is 23.9 Å². The van der Waals surface area contributed by atoms with Crippen molar-refractivity contribution in [1.29, 1.82) is 0 Å². The third-order valence-electron chi connectivity index (χ3n) is 7.34. The number of likely N-dealkylation sites (tertiary alicyclic amines) is 1. The van der Waals surface area contributed by atoms with Crippen LogP contribution < -0.4 is 9.47 Å². The van der Waals surface area contributed by atoms with E-state index >= 15 is 0 Å². The van der Waals surface area contributed by atoms with Gasteiger partial charge in [0.15, 0.2) is 17.3 Å². The predicted octanol–water partition coefficient (Wildman–Crippen LogP) is 3.54. The number of amides is 2. The molecular weight excluding hydrogens is 432 g/mol. The summed E-state index contributed by atoms with van der Waals surface area (Å²) in [4.78, 5) is 44.5. The van der Waals surface area contributed by atoms with Crippen LogP contribution in [0.3, 0.4) is 0 Å². The molecule has 2 aromatic rings. The van der Waals surface area contributed by atoms with Gasteiger partial charge in [0.1, 0.15) is 6.04 Å². The van der Waals surface area contributed by atoms with Gasteiger partial charge in [0.2, 0.25) is 18.6 Å². The molecule has 2 saturated heterocycles. The number of imide groups is 1. The van der Waals surface area contributed by atoms with E-state index < -0.39 is 23.3 Å². The molecule has 7 nitrogen and oxygen atoms in total. The molecule has 7 heteroatoms. The van der Waals surface area contributed by atoms with E-state index in [0.29, 0.717) is 11.5 Å². The first-order chi connectivity index (χ1) is 16.3. The van der Waals surface area contributed by atoms with Crippen LogP contribution in [-0.4, -0.2) is 40.2 Å². The minimum Gasteiger partial charge on any atom is -0.454 e. The molecule has 0 unspecified atom stereocenters. The molecule has 2 amide bonds. The monoisotopic (exact) mass is 458 g/mol. The van der Waals surface area contributed by atoms with E-state index in [4.69, 9.17) is 9.47 Å².